The van der Waals surface area contributed by atoms with Crippen LogP contribution in [-0.2, 0) is 0 Å². The first-order valence-electron chi connectivity index (χ1n) is 6.16. The van der Waals surface area contributed by atoms with E-state index in [9.17, 15) is 9.90 Å². The minimum absolute atomic E-state index is 0.308. The maximum atomic E-state index is 11.8. The second-order valence-corrected chi connectivity index (χ2v) is 5.30. The summed E-state index contributed by atoms with van der Waals surface area (Å²) in [4.78, 5) is 11.8. The predicted molar refractivity (Wildman–Crippen MR) is 83.9 cm³/mol. The Balaban J connectivity index is 1.95. The standard InChI is InChI=1S/C15H15BrN2O2/c1-10(19)11-2-6-13(7-3-11)17-15(20)18-14-8-4-12(16)5-9-14/h2-10,19H,1H3,(H2,17,18,20). The van der Waals surface area contributed by atoms with Crippen molar-refractivity contribution >= 4 is 33.3 Å². The van der Waals surface area contributed by atoms with Gasteiger partial charge in [-0.15, -0.1) is 0 Å². The van der Waals surface area contributed by atoms with Gasteiger partial charge >= 0.3 is 6.03 Å². The van der Waals surface area contributed by atoms with Gasteiger partial charge < -0.3 is 15.7 Å². The van der Waals surface area contributed by atoms with Gasteiger partial charge in [0.1, 0.15) is 0 Å². The van der Waals surface area contributed by atoms with Crippen LogP contribution in [0.2, 0.25) is 0 Å². The fourth-order valence-electron chi connectivity index (χ4n) is 1.67. The minimum atomic E-state index is -0.513. The molecule has 2 aromatic rings. The number of aliphatic hydroxyl groups excluding tert-OH is 1. The normalized spacial score (nSPS) is 11.8. The highest BCUT2D eigenvalue weighted by molar-refractivity contribution is 9.10. The van der Waals surface area contributed by atoms with E-state index in [0.29, 0.717) is 11.4 Å². The number of anilines is 2. The highest BCUT2D eigenvalue weighted by Crippen LogP contribution is 2.17. The summed E-state index contributed by atoms with van der Waals surface area (Å²) in [6, 6.07) is 14.1. The third-order valence-electron chi connectivity index (χ3n) is 2.75. The third kappa shape index (κ3) is 4.08. The average Bonchev–Trinajstić information content (AvgIpc) is 2.42. The van der Waals surface area contributed by atoms with E-state index < -0.39 is 6.10 Å². The number of hydrogen-bond donors (Lipinski definition) is 3. The number of aliphatic hydroxyl groups is 1. The van der Waals surface area contributed by atoms with E-state index in [1.807, 2.05) is 12.1 Å². The van der Waals surface area contributed by atoms with Crippen molar-refractivity contribution < 1.29 is 9.90 Å². The van der Waals surface area contributed by atoms with E-state index in [-0.39, 0.29) is 6.03 Å². The zero-order valence-corrected chi connectivity index (χ0v) is 12.5. The molecule has 1 unspecified atom stereocenters. The van der Waals surface area contributed by atoms with Crippen LogP contribution >= 0.6 is 15.9 Å². The summed E-state index contributed by atoms with van der Waals surface area (Å²) in [6.45, 7) is 1.70. The molecule has 0 bridgehead atoms. The SMILES string of the molecule is CC(O)c1ccc(NC(=O)Nc2ccc(Br)cc2)cc1. The van der Waals surface area contributed by atoms with Gasteiger partial charge in [-0.25, -0.2) is 4.79 Å². The van der Waals surface area contributed by atoms with Gasteiger partial charge in [-0.05, 0) is 48.9 Å². The van der Waals surface area contributed by atoms with Gasteiger partial charge in [0.15, 0.2) is 0 Å². The van der Waals surface area contributed by atoms with Gasteiger partial charge in [0, 0.05) is 15.8 Å². The predicted octanol–water partition coefficient (Wildman–Crippen LogP) is 4.15. The van der Waals surface area contributed by atoms with Gasteiger partial charge in [0.05, 0.1) is 6.10 Å². The van der Waals surface area contributed by atoms with Crippen LogP contribution < -0.4 is 10.6 Å². The van der Waals surface area contributed by atoms with Gasteiger partial charge in [0.25, 0.3) is 0 Å². The molecule has 0 aliphatic rings. The Morgan fingerprint density at radius 1 is 1.00 bits per heavy atom. The first kappa shape index (κ1) is 14.6. The quantitative estimate of drug-likeness (QED) is 0.789. The number of carbonyl (C=O) groups is 1. The lowest BCUT2D eigenvalue weighted by atomic mass is 10.1. The fraction of sp³-hybridized carbons (Fsp3) is 0.133. The number of hydrogen-bond acceptors (Lipinski definition) is 2. The molecule has 20 heavy (non-hydrogen) atoms. The maximum absolute atomic E-state index is 11.8. The third-order valence-corrected chi connectivity index (χ3v) is 3.28. The van der Waals surface area contributed by atoms with Crippen molar-refractivity contribution in [2.75, 3.05) is 10.6 Å². The molecule has 0 aliphatic heterocycles. The van der Waals surface area contributed by atoms with Gasteiger partial charge in [-0.2, -0.15) is 0 Å². The molecule has 0 spiro atoms. The van der Waals surface area contributed by atoms with E-state index in [2.05, 4.69) is 26.6 Å². The molecule has 0 saturated heterocycles. The first-order chi connectivity index (χ1) is 9.54. The Bertz CT molecular complexity index is 580. The summed E-state index contributed by atoms with van der Waals surface area (Å²) in [5.41, 5.74) is 2.19. The lowest BCUT2D eigenvalue weighted by Crippen LogP contribution is -2.19. The number of benzene rings is 2. The molecule has 0 fully saturated rings. The smallest absolute Gasteiger partial charge is 0.323 e. The van der Waals surface area contributed by atoms with Crippen molar-refractivity contribution in [1.82, 2.24) is 0 Å². The summed E-state index contributed by atoms with van der Waals surface area (Å²) in [5, 5.41) is 14.9. The maximum Gasteiger partial charge on any atom is 0.323 e. The van der Waals surface area contributed by atoms with Crippen LogP contribution in [0.15, 0.2) is 53.0 Å². The van der Waals surface area contributed by atoms with Gasteiger partial charge in [-0.3, -0.25) is 0 Å². The molecule has 3 N–H and O–H groups in total. The number of halogens is 1. The van der Waals surface area contributed by atoms with Crippen LogP contribution in [-0.4, -0.2) is 11.1 Å². The van der Waals surface area contributed by atoms with Crippen LogP contribution in [0.25, 0.3) is 0 Å². The molecule has 104 valence electrons. The number of nitrogens with one attached hydrogen (secondary N) is 2. The van der Waals surface area contributed by atoms with E-state index in [4.69, 9.17) is 0 Å². The summed E-state index contributed by atoms with van der Waals surface area (Å²) in [6.07, 6.45) is -0.513. The number of amides is 2. The van der Waals surface area contributed by atoms with Gasteiger partial charge in [0.2, 0.25) is 0 Å². The second-order valence-electron chi connectivity index (χ2n) is 4.38. The Labute approximate surface area is 126 Å². The van der Waals surface area contributed by atoms with E-state index in [1.165, 1.54) is 0 Å². The molecule has 4 nitrogen and oxygen atoms in total. The highest BCUT2D eigenvalue weighted by Gasteiger charge is 2.04. The topological polar surface area (TPSA) is 61.4 Å². The summed E-state index contributed by atoms with van der Waals surface area (Å²) < 4.78 is 0.956. The molecule has 2 amide bonds. The Morgan fingerprint density at radius 3 is 1.90 bits per heavy atom. The number of urea groups is 1. The summed E-state index contributed by atoms with van der Waals surface area (Å²) >= 11 is 3.34. The van der Waals surface area contributed by atoms with Crippen LogP contribution in [0.4, 0.5) is 16.2 Å². The molecule has 0 aromatic heterocycles. The Hall–Kier alpha value is -1.85. The molecule has 2 aromatic carbocycles. The van der Waals surface area contributed by atoms with Crippen LogP contribution in [0, 0.1) is 0 Å². The second kappa shape index (κ2) is 6.54. The molecule has 1 atom stereocenters. The van der Waals surface area contributed by atoms with Crippen molar-refractivity contribution in [3.63, 3.8) is 0 Å². The molecule has 2 rings (SSSR count). The molecule has 0 heterocycles. The molecule has 0 radical (unpaired) electrons. The van der Waals surface area contributed by atoms with Crippen molar-refractivity contribution in [1.29, 1.82) is 0 Å². The van der Waals surface area contributed by atoms with E-state index in [1.54, 1.807) is 43.3 Å². The summed E-state index contributed by atoms with van der Waals surface area (Å²) in [7, 11) is 0. The number of carbonyl (C=O) groups excluding carboxylic acids is 1. The van der Waals surface area contributed by atoms with Crippen molar-refractivity contribution in [3.8, 4) is 0 Å². The van der Waals surface area contributed by atoms with Crippen molar-refractivity contribution in [3.05, 3.63) is 58.6 Å². The van der Waals surface area contributed by atoms with E-state index in [0.717, 1.165) is 10.0 Å². The highest BCUT2D eigenvalue weighted by atomic mass is 79.9. The number of rotatable bonds is 3. The van der Waals surface area contributed by atoms with Crippen LogP contribution in [0.1, 0.15) is 18.6 Å². The fourth-order valence-corrected chi connectivity index (χ4v) is 1.94. The van der Waals surface area contributed by atoms with Crippen LogP contribution in [0.5, 0.6) is 0 Å². The summed E-state index contributed by atoms with van der Waals surface area (Å²) in [5.74, 6) is 0. The zero-order chi connectivity index (χ0) is 14.5. The molecular weight excluding hydrogens is 320 g/mol. The van der Waals surface area contributed by atoms with E-state index >= 15 is 0 Å². The molecule has 0 aliphatic carbocycles. The monoisotopic (exact) mass is 334 g/mol. The Kier molecular flexibility index (Phi) is 4.76. The molecular formula is C15H15BrN2O2. The molecule has 0 saturated carbocycles. The average molecular weight is 335 g/mol. The van der Waals surface area contributed by atoms with Crippen molar-refractivity contribution in [2.45, 2.75) is 13.0 Å². The zero-order valence-electron chi connectivity index (χ0n) is 10.9. The van der Waals surface area contributed by atoms with Crippen LogP contribution in [0.3, 0.4) is 0 Å². The lowest BCUT2D eigenvalue weighted by Gasteiger charge is -2.09. The molecule has 5 heteroatoms. The largest absolute Gasteiger partial charge is 0.389 e. The van der Waals surface area contributed by atoms with Crippen molar-refractivity contribution in [2.24, 2.45) is 0 Å². The lowest BCUT2D eigenvalue weighted by molar-refractivity contribution is 0.199. The Morgan fingerprint density at radius 2 is 1.45 bits per heavy atom. The minimum Gasteiger partial charge on any atom is -0.389 e. The van der Waals surface area contributed by atoms with Gasteiger partial charge in [-0.1, -0.05) is 28.1 Å². The first-order valence-corrected chi connectivity index (χ1v) is 6.95.